The number of methoxy groups -OCH3 is 1. The summed E-state index contributed by atoms with van der Waals surface area (Å²) in [6, 6.07) is 3.36. The maximum absolute atomic E-state index is 13.5. The number of nitrogens with one attached hydrogen (secondary N) is 1. The van der Waals surface area contributed by atoms with E-state index in [9.17, 15) is 18.8 Å². The number of hydrogen-bond donors (Lipinski definition) is 2. The van der Waals surface area contributed by atoms with Crippen molar-refractivity contribution in [2.45, 2.75) is 69.2 Å². The molecule has 3 N–H and O–H groups in total. The van der Waals surface area contributed by atoms with Crippen molar-refractivity contribution in [1.29, 1.82) is 5.26 Å². The molecule has 182 valence electrons. The van der Waals surface area contributed by atoms with E-state index < -0.39 is 23.6 Å². The minimum Gasteiger partial charge on any atom is -0.361 e. The maximum Gasteiger partial charge on any atom is 0.319 e. The molecule has 0 spiro atoms. The Bertz CT molecular complexity index is 1120. The van der Waals surface area contributed by atoms with Gasteiger partial charge in [0.2, 0.25) is 5.92 Å². The van der Waals surface area contributed by atoms with Crippen LogP contribution in [0.4, 0.5) is 13.6 Å². The van der Waals surface area contributed by atoms with Crippen molar-refractivity contribution in [3.05, 3.63) is 29.7 Å². The first-order valence-corrected chi connectivity index (χ1v) is 11.7. The van der Waals surface area contributed by atoms with Crippen molar-refractivity contribution >= 4 is 11.7 Å². The van der Waals surface area contributed by atoms with Gasteiger partial charge in [-0.25, -0.2) is 23.1 Å². The summed E-state index contributed by atoms with van der Waals surface area (Å²) in [4.78, 5) is 18.8. The van der Waals surface area contributed by atoms with Crippen molar-refractivity contribution in [2.24, 2.45) is 17.1 Å². The number of halogens is 2. The van der Waals surface area contributed by atoms with Crippen molar-refractivity contribution in [1.82, 2.24) is 24.8 Å². The van der Waals surface area contributed by atoms with Crippen molar-refractivity contribution in [3.8, 4) is 6.07 Å². The number of carbonyl (C=O) groups excluding carboxylic acids is 1. The largest absolute Gasteiger partial charge is 0.361 e. The van der Waals surface area contributed by atoms with Gasteiger partial charge < -0.3 is 15.8 Å². The van der Waals surface area contributed by atoms with Crippen LogP contribution in [-0.4, -0.2) is 57.4 Å². The van der Waals surface area contributed by atoms with Crippen molar-refractivity contribution in [2.75, 3.05) is 13.7 Å². The highest BCUT2D eigenvalue weighted by Crippen LogP contribution is 2.49. The number of fused-ring (bicyclic) bond motifs is 1. The van der Waals surface area contributed by atoms with E-state index in [1.54, 1.807) is 28.9 Å². The van der Waals surface area contributed by atoms with E-state index in [0.717, 1.165) is 18.4 Å². The predicted octanol–water partition coefficient (Wildman–Crippen LogP) is 2.77. The molecule has 34 heavy (non-hydrogen) atoms. The highest BCUT2D eigenvalue weighted by atomic mass is 19.3. The van der Waals surface area contributed by atoms with Gasteiger partial charge >= 0.3 is 6.03 Å². The zero-order valence-corrected chi connectivity index (χ0v) is 19.1. The lowest BCUT2D eigenvalue weighted by Gasteiger charge is -2.31. The van der Waals surface area contributed by atoms with E-state index in [-0.39, 0.29) is 30.8 Å². The summed E-state index contributed by atoms with van der Waals surface area (Å²) in [5.74, 6) is -2.63. The van der Waals surface area contributed by atoms with Gasteiger partial charge in [-0.2, -0.15) is 10.4 Å². The normalized spacial score (nSPS) is 25.7. The smallest absolute Gasteiger partial charge is 0.319 e. The molecule has 0 radical (unpaired) electrons. The Hall–Kier alpha value is -2.84. The summed E-state index contributed by atoms with van der Waals surface area (Å²) >= 11 is 0. The number of urea groups is 1. The van der Waals surface area contributed by atoms with Gasteiger partial charge in [-0.1, -0.05) is 0 Å². The fourth-order valence-corrected chi connectivity index (χ4v) is 5.18. The summed E-state index contributed by atoms with van der Waals surface area (Å²) < 4.78 is 34.3. The number of nitrogens with two attached hydrogens (primary N) is 1. The second-order valence-electron chi connectivity index (χ2n) is 9.87. The Balaban J connectivity index is 1.28. The molecule has 3 heterocycles. The molecular weight excluding hydrogens is 444 g/mol. The molecule has 1 saturated heterocycles. The molecule has 2 aromatic heterocycles. The van der Waals surface area contributed by atoms with Gasteiger partial charge in [0.25, 0.3) is 0 Å². The average Bonchev–Trinajstić information content (AvgIpc) is 3.35. The fourth-order valence-electron chi connectivity index (χ4n) is 5.18. The van der Waals surface area contributed by atoms with Gasteiger partial charge in [0.15, 0.2) is 5.65 Å². The van der Waals surface area contributed by atoms with Crippen LogP contribution in [-0.2, 0) is 11.2 Å². The van der Waals surface area contributed by atoms with Crippen LogP contribution < -0.4 is 11.1 Å². The van der Waals surface area contributed by atoms with Gasteiger partial charge in [-0.05, 0) is 43.2 Å². The van der Waals surface area contributed by atoms with Crippen LogP contribution in [0.2, 0.25) is 0 Å². The van der Waals surface area contributed by atoms with Crippen LogP contribution in [0.25, 0.3) is 5.65 Å². The number of nitriles is 1. The van der Waals surface area contributed by atoms with Crippen LogP contribution in [0.5, 0.6) is 0 Å². The van der Waals surface area contributed by atoms with Gasteiger partial charge in [-0.3, -0.25) is 4.90 Å². The van der Waals surface area contributed by atoms with Crippen LogP contribution >= 0.6 is 0 Å². The molecule has 11 heteroatoms. The molecule has 5 rings (SSSR count). The predicted molar refractivity (Wildman–Crippen MR) is 118 cm³/mol. The summed E-state index contributed by atoms with van der Waals surface area (Å²) in [7, 11) is 1.55. The zero-order valence-electron chi connectivity index (χ0n) is 19.1. The van der Waals surface area contributed by atoms with E-state index in [1.807, 2.05) is 6.07 Å². The number of imidazole rings is 1. The first-order valence-electron chi connectivity index (χ1n) is 11.7. The summed E-state index contributed by atoms with van der Waals surface area (Å²) in [5.41, 5.74) is 8.00. The molecule has 2 saturated carbocycles. The van der Waals surface area contributed by atoms with Gasteiger partial charge in [0, 0.05) is 32.9 Å². The maximum atomic E-state index is 13.5. The Labute approximate surface area is 196 Å². The molecule has 1 aliphatic heterocycles. The van der Waals surface area contributed by atoms with Gasteiger partial charge in [0.1, 0.15) is 6.23 Å². The van der Waals surface area contributed by atoms with Crippen LogP contribution in [0.15, 0.2) is 18.5 Å². The van der Waals surface area contributed by atoms with Crippen LogP contribution in [0.3, 0.4) is 0 Å². The minimum atomic E-state index is -2.59. The van der Waals surface area contributed by atoms with E-state index in [4.69, 9.17) is 10.5 Å². The molecule has 3 fully saturated rings. The molecule has 3 aliphatic rings. The number of amides is 2. The molecule has 2 aromatic rings. The first-order chi connectivity index (χ1) is 16.2. The number of rotatable bonds is 7. The summed E-state index contributed by atoms with van der Waals surface area (Å²) in [6.07, 6.45) is 5.42. The number of hydrogen-bond acceptors (Lipinski definition) is 6. The fraction of sp³-hybridized carbons (Fsp3) is 0.652. The number of carbonyl (C=O) groups is 1. The Morgan fingerprint density at radius 3 is 2.74 bits per heavy atom. The standard InChI is InChI=1S/C23H29F2N7O2/c1-34-19(31-12-17(30-21(31)33)22(13-26)6-7-22)9-14-8-18-29-16(11-32(18)28-10-14)20(27)15-2-4-23(24,25)5-3-15/h8,10-11,15,17,19-20H,2-7,9,12,27H2,1H3,(H,30,33)/t17-,19-,20-/m0/s1. The second kappa shape index (κ2) is 8.43. The van der Waals surface area contributed by atoms with E-state index in [0.29, 0.717) is 37.1 Å². The average molecular weight is 474 g/mol. The number of aromatic nitrogens is 3. The molecular formula is C23H29F2N7O2. The van der Waals surface area contributed by atoms with Crippen LogP contribution in [0.1, 0.15) is 55.8 Å². The molecule has 2 aliphatic carbocycles. The molecule has 0 bridgehead atoms. The lowest BCUT2D eigenvalue weighted by molar-refractivity contribution is -0.0484. The highest BCUT2D eigenvalue weighted by Gasteiger charge is 2.54. The summed E-state index contributed by atoms with van der Waals surface area (Å²) in [5, 5.41) is 16.8. The molecule has 2 amide bonds. The van der Waals surface area contributed by atoms with Gasteiger partial charge in [-0.15, -0.1) is 0 Å². The molecule has 3 atom stereocenters. The molecule has 0 unspecified atom stereocenters. The number of ether oxygens (including phenoxy) is 1. The van der Waals surface area contributed by atoms with Crippen molar-refractivity contribution in [3.63, 3.8) is 0 Å². The zero-order chi connectivity index (χ0) is 24.1. The third-order valence-electron chi connectivity index (χ3n) is 7.65. The second-order valence-corrected chi connectivity index (χ2v) is 9.87. The lowest BCUT2D eigenvalue weighted by atomic mass is 9.81. The van der Waals surface area contributed by atoms with Gasteiger partial charge in [0.05, 0.1) is 41.7 Å². The Kier molecular flexibility index (Phi) is 5.68. The third-order valence-corrected chi connectivity index (χ3v) is 7.65. The number of nitrogens with zero attached hydrogens (tertiary/aromatic N) is 5. The topological polar surface area (TPSA) is 122 Å². The van der Waals surface area contributed by atoms with E-state index in [1.165, 1.54) is 0 Å². The minimum absolute atomic E-state index is 0.0355. The third kappa shape index (κ3) is 4.20. The number of alkyl halides is 2. The SMILES string of the molecule is CO[C@@H](Cc1cnn2cc([C@@H](N)C3CCC(F)(F)CC3)nc2c1)N1C[C@@H](C2(C#N)CC2)NC1=O. The molecule has 9 nitrogen and oxygen atoms in total. The van der Waals surface area contributed by atoms with Crippen molar-refractivity contribution < 1.29 is 18.3 Å². The van der Waals surface area contributed by atoms with E-state index >= 15 is 0 Å². The Morgan fingerprint density at radius 1 is 1.35 bits per heavy atom. The summed E-state index contributed by atoms with van der Waals surface area (Å²) in [6.45, 7) is 0.420. The quantitative estimate of drug-likeness (QED) is 0.638. The van der Waals surface area contributed by atoms with E-state index in [2.05, 4.69) is 21.5 Å². The monoisotopic (exact) mass is 473 g/mol. The first kappa shape index (κ1) is 22.9. The lowest BCUT2D eigenvalue weighted by Crippen LogP contribution is -2.40. The highest BCUT2D eigenvalue weighted by molar-refractivity contribution is 5.77. The molecule has 0 aromatic carbocycles. The Morgan fingerprint density at radius 2 is 2.09 bits per heavy atom. The van der Waals surface area contributed by atoms with Crippen LogP contribution in [0, 0.1) is 22.7 Å².